The first kappa shape index (κ1) is 15.6. The highest BCUT2D eigenvalue weighted by molar-refractivity contribution is 7.89. The molecular weight excluding hydrogens is 298 g/mol. The lowest BCUT2D eigenvalue weighted by atomic mass is 10.3. The Labute approximate surface area is 114 Å². The summed E-state index contributed by atoms with van der Waals surface area (Å²) < 4.78 is 38.8. The van der Waals surface area contributed by atoms with Gasteiger partial charge in [-0.3, -0.25) is 4.21 Å². The van der Waals surface area contributed by atoms with Crippen LogP contribution in [0.5, 0.6) is 0 Å². The minimum absolute atomic E-state index is 0.0637. The van der Waals surface area contributed by atoms with Crippen molar-refractivity contribution < 1.29 is 12.6 Å². The lowest BCUT2D eigenvalue weighted by Gasteiger charge is -2.12. The van der Waals surface area contributed by atoms with Crippen molar-refractivity contribution in [2.75, 3.05) is 12.0 Å². The lowest BCUT2D eigenvalue weighted by Crippen LogP contribution is -2.34. The molecule has 0 aliphatic carbocycles. The Kier molecular flexibility index (Phi) is 5.32. The van der Waals surface area contributed by atoms with Crippen LogP contribution in [0.3, 0.4) is 0 Å². The fourth-order valence-corrected chi connectivity index (χ4v) is 3.69. The Bertz CT molecular complexity index is 541. The van der Waals surface area contributed by atoms with E-state index in [9.17, 15) is 12.6 Å². The van der Waals surface area contributed by atoms with E-state index >= 15 is 0 Å². The van der Waals surface area contributed by atoms with Gasteiger partial charge < -0.3 is 4.57 Å². The molecule has 0 aliphatic heterocycles. The fraction of sp³-hybridized carbons (Fsp3) is 0.667. The van der Waals surface area contributed by atoms with Crippen LogP contribution in [0, 0.1) is 0 Å². The molecule has 18 heavy (non-hydrogen) atoms. The van der Waals surface area contributed by atoms with Crippen molar-refractivity contribution in [1.29, 1.82) is 0 Å². The molecule has 0 aromatic carbocycles. The van der Waals surface area contributed by atoms with Crippen molar-refractivity contribution >= 4 is 32.4 Å². The number of rotatable bonds is 6. The summed E-state index contributed by atoms with van der Waals surface area (Å²) in [6.45, 7) is 1.71. The maximum atomic E-state index is 12.0. The molecule has 6 nitrogen and oxygen atoms in total. The Hall–Kier alpha value is -0.440. The van der Waals surface area contributed by atoms with Crippen LogP contribution in [0.15, 0.2) is 11.4 Å². The van der Waals surface area contributed by atoms with Crippen molar-refractivity contribution in [2.45, 2.75) is 24.4 Å². The zero-order valence-corrected chi connectivity index (χ0v) is 12.8. The molecule has 9 heteroatoms. The van der Waals surface area contributed by atoms with Crippen molar-refractivity contribution in [3.63, 3.8) is 0 Å². The van der Waals surface area contributed by atoms with Crippen molar-refractivity contribution in [1.82, 2.24) is 14.3 Å². The number of halogens is 1. The zero-order chi connectivity index (χ0) is 13.9. The molecule has 1 heterocycles. The van der Waals surface area contributed by atoms with Gasteiger partial charge >= 0.3 is 0 Å². The fourth-order valence-electron chi connectivity index (χ4n) is 1.30. The van der Waals surface area contributed by atoms with Crippen molar-refractivity contribution in [2.24, 2.45) is 7.05 Å². The van der Waals surface area contributed by atoms with E-state index in [1.807, 2.05) is 0 Å². The lowest BCUT2D eigenvalue weighted by molar-refractivity contribution is 0.553. The minimum Gasteiger partial charge on any atom is -0.324 e. The molecule has 1 N–H and O–H groups in total. The number of hydrogen-bond acceptors (Lipinski definition) is 4. The maximum absolute atomic E-state index is 12.0. The molecule has 2 atom stereocenters. The standard InChI is InChI=1S/C9H16ClN3O3S2/c1-7(4-5-17(3)14)12-18(15,16)9-8(10)13(2)6-11-9/h6-7,12H,4-5H2,1-3H3. The summed E-state index contributed by atoms with van der Waals surface area (Å²) in [5.74, 6) is 0.444. The quantitative estimate of drug-likeness (QED) is 0.829. The van der Waals surface area contributed by atoms with E-state index in [2.05, 4.69) is 9.71 Å². The summed E-state index contributed by atoms with van der Waals surface area (Å²) in [5, 5.41) is -0.120. The van der Waals surface area contributed by atoms with Gasteiger partial charge in [0.25, 0.3) is 10.0 Å². The molecule has 0 radical (unpaired) electrons. The highest BCUT2D eigenvalue weighted by Crippen LogP contribution is 2.18. The van der Waals surface area contributed by atoms with Gasteiger partial charge in [-0.1, -0.05) is 11.6 Å². The Morgan fingerprint density at radius 2 is 2.22 bits per heavy atom. The molecule has 2 unspecified atom stereocenters. The number of aromatic nitrogens is 2. The maximum Gasteiger partial charge on any atom is 0.261 e. The van der Waals surface area contributed by atoms with Gasteiger partial charge in [0, 0.05) is 35.9 Å². The molecule has 0 bridgehead atoms. The molecule has 1 aromatic heterocycles. The molecule has 0 saturated heterocycles. The van der Waals surface area contributed by atoms with Gasteiger partial charge in [-0.25, -0.2) is 18.1 Å². The molecular formula is C9H16ClN3O3S2. The average Bonchev–Trinajstić information content (AvgIpc) is 2.57. The summed E-state index contributed by atoms with van der Waals surface area (Å²) in [6.07, 6.45) is 3.41. The van der Waals surface area contributed by atoms with Gasteiger partial charge in [0.05, 0.1) is 6.33 Å². The number of nitrogens with one attached hydrogen (secondary N) is 1. The summed E-state index contributed by atoms with van der Waals surface area (Å²) >= 11 is 5.84. The third kappa shape index (κ3) is 4.04. The van der Waals surface area contributed by atoms with Crippen LogP contribution >= 0.6 is 11.6 Å². The van der Waals surface area contributed by atoms with Crippen LogP contribution in [-0.4, -0.2) is 40.2 Å². The van der Waals surface area contributed by atoms with Gasteiger partial charge in [-0.2, -0.15) is 0 Å². The zero-order valence-electron chi connectivity index (χ0n) is 10.4. The summed E-state index contributed by atoms with van der Waals surface area (Å²) in [5.41, 5.74) is 0. The third-order valence-electron chi connectivity index (χ3n) is 2.28. The Morgan fingerprint density at radius 3 is 2.67 bits per heavy atom. The Balaban J connectivity index is 2.76. The minimum atomic E-state index is -3.73. The van der Waals surface area contributed by atoms with E-state index in [0.717, 1.165) is 0 Å². The van der Waals surface area contributed by atoms with E-state index in [1.165, 1.54) is 10.9 Å². The first-order valence-corrected chi connectivity index (χ1v) is 8.82. The van der Waals surface area contributed by atoms with Gasteiger partial charge in [-0.15, -0.1) is 0 Å². The smallest absolute Gasteiger partial charge is 0.261 e. The normalized spacial score (nSPS) is 15.6. The number of imidazole rings is 1. The first-order chi connectivity index (χ1) is 8.24. The topological polar surface area (TPSA) is 81.1 Å². The number of sulfonamides is 1. The molecule has 0 amide bonds. The highest BCUT2D eigenvalue weighted by atomic mass is 35.5. The molecule has 104 valence electrons. The number of aryl methyl sites for hydroxylation is 1. The van der Waals surface area contributed by atoms with Crippen LogP contribution < -0.4 is 4.72 Å². The SMILES string of the molecule is CC(CCS(C)=O)NS(=O)(=O)c1ncn(C)c1Cl. The number of hydrogen-bond donors (Lipinski definition) is 1. The Morgan fingerprint density at radius 1 is 1.61 bits per heavy atom. The van der Waals surface area contributed by atoms with Crippen molar-refractivity contribution in [3.05, 3.63) is 11.5 Å². The van der Waals surface area contributed by atoms with Crippen LogP contribution in [0.1, 0.15) is 13.3 Å². The number of nitrogens with zero attached hydrogens (tertiary/aromatic N) is 2. The van der Waals surface area contributed by atoms with E-state index < -0.39 is 20.8 Å². The molecule has 1 rings (SSSR count). The van der Waals surface area contributed by atoms with Crippen LogP contribution in [0.2, 0.25) is 5.15 Å². The van der Waals surface area contributed by atoms with Gasteiger partial charge in [0.2, 0.25) is 5.03 Å². The molecule has 0 spiro atoms. The monoisotopic (exact) mass is 313 g/mol. The predicted octanol–water partition coefficient (Wildman–Crippen LogP) is 0.509. The second kappa shape index (κ2) is 6.14. The average molecular weight is 314 g/mol. The van der Waals surface area contributed by atoms with E-state index in [4.69, 9.17) is 11.6 Å². The summed E-state index contributed by atoms with van der Waals surface area (Å²) in [7, 11) is -3.06. The van der Waals surface area contributed by atoms with Crippen molar-refractivity contribution in [3.8, 4) is 0 Å². The third-order valence-corrected chi connectivity index (χ3v) is 5.17. The molecule has 0 fully saturated rings. The highest BCUT2D eigenvalue weighted by Gasteiger charge is 2.24. The van der Waals surface area contributed by atoms with E-state index in [0.29, 0.717) is 12.2 Å². The predicted molar refractivity (Wildman–Crippen MR) is 71.6 cm³/mol. The molecule has 0 aliphatic rings. The second-order valence-electron chi connectivity index (χ2n) is 4.04. The summed E-state index contributed by atoms with van der Waals surface area (Å²) in [4.78, 5) is 3.76. The largest absolute Gasteiger partial charge is 0.324 e. The van der Waals surface area contributed by atoms with E-state index in [1.54, 1.807) is 20.2 Å². The van der Waals surface area contributed by atoms with E-state index in [-0.39, 0.29) is 16.2 Å². The van der Waals surface area contributed by atoms with Crippen LogP contribution in [-0.2, 0) is 27.9 Å². The van der Waals surface area contributed by atoms with Crippen LogP contribution in [0.4, 0.5) is 0 Å². The first-order valence-electron chi connectivity index (χ1n) is 5.23. The summed E-state index contributed by atoms with van der Waals surface area (Å²) in [6, 6.07) is -0.322. The van der Waals surface area contributed by atoms with Crippen LogP contribution in [0.25, 0.3) is 0 Å². The molecule has 0 saturated carbocycles. The van der Waals surface area contributed by atoms with Gasteiger partial charge in [-0.05, 0) is 13.3 Å². The second-order valence-corrected chi connectivity index (χ2v) is 7.58. The van der Waals surface area contributed by atoms with Gasteiger partial charge in [0.1, 0.15) is 5.15 Å². The van der Waals surface area contributed by atoms with Gasteiger partial charge in [0.15, 0.2) is 0 Å². The molecule has 1 aromatic rings.